The number of hydrogen-bond donors (Lipinski definition) is 0. The second kappa shape index (κ2) is 5.92. The van der Waals surface area contributed by atoms with Gasteiger partial charge in [-0.15, -0.1) is 0 Å². The zero-order valence-corrected chi connectivity index (χ0v) is 12.5. The summed E-state index contributed by atoms with van der Waals surface area (Å²) in [7, 11) is 1.69. The molecule has 0 N–H and O–H groups in total. The first-order valence-electron chi connectivity index (χ1n) is 5.44. The molecule has 1 nitrogen and oxygen atoms in total. The highest BCUT2D eigenvalue weighted by atomic mass is 79.9. The Morgan fingerprint density at radius 3 is 2.38 bits per heavy atom. The van der Waals surface area contributed by atoms with Gasteiger partial charge in [0, 0.05) is 15.4 Å². The molecule has 0 fully saturated rings. The molecule has 0 heterocycles. The number of benzene rings is 1. The lowest BCUT2D eigenvalue weighted by atomic mass is 9.90. The van der Waals surface area contributed by atoms with E-state index >= 15 is 0 Å². The molecule has 2 atom stereocenters. The van der Waals surface area contributed by atoms with Gasteiger partial charge in [0.25, 0.3) is 0 Å². The van der Waals surface area contributed by atoms with E-state index in [-0.39, 0.29) is 4.83 Å². The lowest BCUT2D eigenvalue weighted by Gasteiger charge is -2.24. The van der Waals surface area contributed by atoms with E-state index in [0.717, 1.165) is 16.3 Å². The monoisotopic (exact) mass is 304 g/mol. The second-order valence-corrected chi connectivity index (χ2v) is 5.81. The van der Waals surface area contributed by atoms with Crippen molar-refractivity contribution < 1.29 is 4.74 Å². The van der Waals surface area contributed by atoms with Crippen molar-refractivity contribution in [2.45, 2.75) is 25.6 Å². The average Bonchev–Trinajstić information content (AvgIpc) is 2.26. The van der Waals surface area contributed by atoms with Crippen molar-refractivity contribution in [2.75, 3.05) is 7.11 Å². The van der Waals surface area contributed by atoms with Crippen LogP contribution in [0.2, 0.25) is 5.02 Å². The first-order chi connectivity index (χ1) is 7.47. The fourth-order valence-corrected chi connectivity index (χ4v) is 2.69. The van der Waals surface area contributed by atoms with Crippen LogP contribution in [0.25, 0.3) is 0 Å². The molecule has 0 spiro atoms. The summed E-state index contributed by atoms with van der Waals surface area (Å²) in [4.78, 5) is 0.265. The number of alkyl halides is 1. The summed E-state index contributed by atoms with van der Waals surface area (Å²) in [5.41, 5.74) is 1.12. The summed E-state index contributed by atoms with van der Waals surface area (Å²) >= 11 is 9.76. The first kappa shape index (κ1) is 13.9. The molecular weight excluding hydrogens is 287 g/mol. The van der Waals surface area contributed by atoms with E-state index in [0.29, 0.717) is 11.8 Å². The fraction of sp³-hybridized carbons (Fsp3) is 0.538. The molecule has 0 aliphatic rings. The molecule has 0 aliphatic heterocycles. The van der Waals surface area contributed by atoms with Gasteiger partial charge in [0.1, 0.15) is 5.75 Å². The SMILES string of the molecule is COc1ccc(Cl)cc1C(Br)C(C)C(C)C. The summed E-state index contributed by atoms with van der Waals surface area (Å²) in [6, 6.07) is 5.74. The molecule has 1 rings (SSSR count). The zero-order chi connectivity index (χ0) is 12.3. The molecule has 0 radical (unpaired) electrons. The maximum Gasteiger partial charge on any atom is 0.123 e. The molecule has 3 heteroatoms. The highest BCUT2D eigenvalue weighted by Crippen LogP contribution is 2.40. The minimum Gasteiger partial charge on any atom is -0.496 e. The van der Waals surface area contributed by atoms with Crippen molar-refractivity contribution in [3.8, 4) is 5.75 Å². The predicted molar refractivity (Wildman–Crippen MR) is 73.7 cm³/mol. The summed E-state index contributed by atoms with van der Waals surface area (Å²) in [5.74, 6) is 2.01. The number of ether oxygens (including phenoxy) is 1. The Morgan fingerprint density at radius 2 is 1.88 bits per heavy atom. The average molecular weight is 306 g/mol. The molecule has 1 aromatic carbocycles. The highest BCUT2D eigenvalue weighted by Gasteiger charge is 2.22. The van der Waals surface area contributed by atoms with Crippen LogP contribution in [0.5, 0.6) is 5.75 Å². The molecule has 0 saturated heterocycles. The van der Waals surface area contributed by atoms with Gasteiger partial charge in [-0.25, -0.2) is 0 Å². The van der Waals surface area contributed by atoms with Gasteiger partial charge in [0.05, 0.1) is 7.11 Å². The van der Waals surface area contributed by atoms with E-state index in [4.69, 9.17) is 16.3 Å². The van der Waals surface area contributed by atoms with Gasteiger partial charge in [-0.05, 0) is 30.0 Å². The lowest BCUT2D eigenvalue weighted by Crippen LogP contribution is -2.11. The van der Waals surface area contributed by atoms with E-state index in [1.54, 1.807) is 7.11 Å². The Morgan fingerprint density at radius 1 is 1.25 bits per heavy atom. The zero-order valence-electron chi connectivity index (χ0n) is 10.1. The number of hydrogen-bond acceptors (Lipinski definition) is 1. The Hall–Kier alpha value is -0.210. The second-order valence-electron chi connectivity index (χ2n) is 4.39. The molecule has 2 unspecified atom stereocenters. The smallest absolute Gasteiger partial charge is 0.123 e. The molecule has 0 saturated carbocycles. The number of halogens is 2. The third-order valence-corrected chi connectivity index (χ3v) is 4.56. The van der Waals surface area contributed by atoms with Crippen LogP contribution < -0.4 is 4.74 Å². The number of methoxy groups -OCH3 is 1. The van der Waals surface area contributed by atoms with Crippen LogP contribution in [-0.2, 0) is 0 Å². The van der Waals surface area contributed by atoms with Gasteiger partial charge in [0.2, 0.25) is 0 Å². The van der Waals surface area contributed by atoms with Crippen LogP contribution in [0, 0.1) is 11.8 Å². The van der Waals surface area contributed by atoms with Gasteiger partial charge in [-0.2, -0.15) is 0 Å². The molecule has 1 aromatic rings. The Bertz CT molecular complexity index is 352. The van der Waals surface area contributed by atoms with Gasteiger partial charge in [-0.1, -0.05) is 48.3 Å². The Balaban J connectivity index is 3.05. The van der Waals surface area contributed by atoms with Crippen molar-refractivity contribution in [1.29, 1.82) is 0 Å². The van der Waals surface area contributed by atoms with E-state index in [1.807, 2.05) is 18.2 Å². The molecule has 90 valence electrons. The minimum absolute atomic E-state index is 0.265. The van der Waals surface area contributed by atoms with Crippen molar-refractivity contribution in [1.82, 2.24) is 0 Å². The fourth-order valence-electron chi connectivity index (χ4n) is 1.54. The maximum atomic E-state index is 6.03. The molecule has 0 aliphatic carbocycles. The molecule has 0 bridgehead atoms. The quantitative estimate of drug-likeness (QED) is 0.705. The summed E-state index contributed by atoms with van der Waals surface area (Å²) in [6.45, 7) is 6.66. The molecular formula is C13H18BrClO. The van der Waals surface area contributed by atoms with E-state index < -0.39 is 0 Å². The predicted octanol–water partition coefficient (Wildman–Crippen LogP) is 5.08. The van der Waals surface area contributed by atoms with Crippen LogP contribution in [0.1, 0.15) is 31.2 Å². The van der Waals surface area contributed by atoms with Gasteiger partial charge in [0.15, 0.2) is 0 Å². The Kier molecular flexibility index (Phi) is 5.13. The van der Waals surface area contributed by atoms with Gasteiger partial charge in [-0.3, -0.25) is 0 Å². The third kappa shape index (κ3) is 3.14. The van der Waals surface area contributed by atoms with Crippen LogP contribution in [0.4, 0.5) is 0 Å². The van der Waals surface area contributed by atoms with Crippen LogP contribution in [0.15, 0.2) is 18.2 Å². The summed E-state index contributed by atoms with van der Waals surface area (Å²) < 4.78 is 5.36. The van der Waals surface area contributed by atoms with Crippen molar-refractivity contribution >= 4 is 27.5 Å². The van der Waals surface area contributed by atoms with Crippen molar-refractivity contribution in [3.63, 3.8) is 0 Å². The lowest BCUT2D eigenvalue weighted by molar-refractivity contribution is 0.385. The third-order valence-electron chi connectivity index (χ3n) is 3.00. The summed E-state index contributed by atoms with van der Waals surface area (Å²) in [6.07, 6.45) is 0. The topological polar surface area (TPSA) is 9.23 Å². The van der Waals surface area contributed by atoms with Gasteiger partial charge < -0.3 is 4.74 Å². The van der Waals surface area contributed by atoms with Crippen molar-refractivity contribution in [2.24, 2.45) is 11.8 Å². The highest BCUT2D eigenvalue weighted by molar-refractivity contribution is 9.09. The van der Waals surface area contributed by atoms with Gasteiger partial charge >= 0.3 is 0 Å². The van der Waals surface area contributed by atoms with Crippen LogP contribution in [0.3, 0.4) is 0 Å². The van der Waals surface area contributed by atoms with Crippen LogP contribution >= 0.6 is 27.5 Å². The minimum atomic E-state index is 0.265. The van der Waals surface area contributed by atoms with Crippen molar-refractivity contribution in [3.05, 3.63) is 28.8 Å². The maximum absolute atomic E-state index is 6.03. The Labute approximate surface area is 111 Å². The van der Waals surface area contributed by atoms with Crippen LogP contribution in [-0.4, -0.2) is 7.11 Å². The standard InChI is InChI=1S/C13H18BrClO/c1-8(2)9(3)13(14)11-7-10(15)5-6-12(11)16-4/h5-9,13H,1-4H3. The first-order valence-corrected chi connectivity index (χ1v) is 6.74. The number of rotatable bonds is 4. The van der Waals surface area contributed by atoms with E-state index in [1.165, 1.54) is 0 Å². The largest absolute Gasteiger partial charge is 0.496 e. The normalized spacial score (nSPS) is 14.9. The molecule has 0 amide bonds. The molecule has 16 heavy (non-hydrogen) atoms. The molecule has 0 aromatic heterocycles. The van der Waals surface area contributed by atoms with E-state index in [9.17, 15) is 0 Å². The van der Waals surface area contributed by atoms with E-state index in [2.05, 4.69) is 36.7 Å². The summed E-state index contributed by atoms with van der Waals surface area (Å²) in [5, 5.41) is 0.746.